The van der Waals surface area contributed by atoms with Crippen LogP contribution >= 0.6 is 0 Å². The predicted octanol–water partition coefficient (Wildman–Crippen LogP) is 0.0983. The minimum atomic E-state index is -0.682. The number of amides is 2. The summed E-state index contributed by atoms with van der Waals surface area (Å²) in [5.41, 5.74) is 5.90. The summed E-state index contributed by atoms with van der Waals surface area (Å²) >= 11 is 0. The minimum Gasteiger partial charge on any atom is -0.479 e. The third-order valence-electron chi connectivity index (χ3n) is 2.64. The van der Waals surface area contributed by atoms with Crippen molar-refractivity contribution in [3.63, 3.8) is 0 Å². The highest BCUT2D eigenvalue weighted by Gasteiger charge is 2.32. The minimum absolute atomic E-state index is 0.234. The van der Waals surface area contributed by atoms with Gasteiger partial charge < -0.3 is 10.5 Å². The summed E-state index contributed by atoms with van der Waals surface area (Å²) in [5, 5.41) is 0. The molecule has 6 nitrogen and oxygen atoms in total. The largest absolute Gasteiger partial charge is 0.479 e. The average Bonchev–Trinajstić information content (AvgIpc) is 2.34. The van der Waals surface area contributed by atoms with E-state index in [1.807, 2.05) is 0 Å². The Morgan fingerprint density at radius 1 is 1.56 bits per heavy atom. The third kappa shape index (κ3) is 2.04. The number of carbonyl (C=O) groups excluding carboxylic acids is 3. The Balaban J connectivity index is 2.49. The second kappa shape index (κ2) is 4.48. The normalized spacial score (nSPS) is 17.9. The van der Waals surface area contributed by atoms with Gasteiger partial charge in [0, 0.05) is 5.56 Å². The fraction of sp³-hybridized carbons (Fsp3) is 0.250. The van der Waals surface area contributed by atoms with E-state index in [1.165, 1.54) is 11.0 Å². The smallest absolute Gasteiger partial charge is 0.268 e. The number of anilines is 1. The summed E-state index contributed by atoms with van der Waals surface area (Å²) < 4.78 is 5.40. The van der Waals surface area contributed by atoms with Crippen LogP contribution in [0.3, 0.4) is 0 Å². The topological polar surface area (TPSA) is 89.7 Å². The summed E-state index contributed by atoms with van der Waals surface area (Å²) in [5.74, 6) is -0.529. The number of rotatable bonds is 3. The summed E-state index contributed by atoms with van der Waals surface area (Å²) in [6.45, 7) is 1.36. The molecule has 0 spiro atoms. The van der Waals surface area contributed by atoms with E-state index in [4.69, 9.17) is 10.5 Å². The fourth-order valence-electron chi connectivity index (χ4n) is 1.82. The molecule has 1 aromatic rings. The van der Waals surface area contributed by atoms with Crippen molar-refractivity contribution in [1.29, 1.82) is 0 Å². The molecule has 1 heterocycles. The van der Waals surface area contributed by atoms with Gasteiger partial charge >= 0.3 is 0 Å². The van der Waals surface area contributed by atoms with Gasteiger partial charge in [-0.3, -0.25) is 19.3 Å². The van der Waals surface area contributed by atoms with Gasteiger partial charge in [-0.25, -0.2) is 0 Å². The Hall–Kier alpha value is -2.37. The molecule has 0 fully saturated rings. The van der Waals surface area contributed by atoms with Gasteiger partial charge in [0.15, 0.2) is 6.10 Å². The predicted molar refractivity (Wildman–Crippen MR) is 63.5 cm³/mol. The zero-order chi connectivity index (χ0) is 13.3. The van der Waals surface area contributed by atoms with Crippen LogP contribution in [0.25, 0.3) is 0 Å². The van der Waals surface area contributed by atoms with E-state index in [1.54, 1.807) is 19.1 Å². The van der Waals surface area contributed by atoms with Gasteiger partial charge in [-0.2, -0.15) is 0 Å². The molecule has 0 saturated heterocycles. The lowest BCUT2D eigenvalue weighted by atomic mass is 10.1. The molecule has 1 aliphatic heterocycles. The van der Waals surface area contributed by atoms with Crippen molar-refractivity contribution in [2.24, 2.45) is 5.73 Å². The van der Waals surface area contributed by atoms with Crippen molar-refractivity contribution >= 4 is 23.8 Å². The number of hydrogen-bond donors (Lipinski definition) is 1. The summed E-state index contributed by atoms with van der Waals surface area (Å²) in [7, 11) is 0. The maximum atomic E-state index is 11.9. The molecule has 6 heteroatoms. The molecule has 0 radical (unpaired) electrons. The van der Waals surface area contributed by atoms with Crippen LogP contribution in [0.4, 0.5) is 5.69 Å². The SMILES string of the molecule is CC1Oc2ccc(C=O)cc2N(CC(N)=O)C1=O. The monoisotopic (exact) mass is 248 g/mol. The molecule has 2 rings (SSSR count). The number of nitrogens with zero attached hydrogens (tertiary/aromatic N) is 1. The van der Waals surface area contributed by atoms with Crippen molar-refractivity contribution in [2.75, 3.05) is 11.4 Å². The first-order valence-electron chi connectivity index (χ1n) is 5.38. The van der Waals surface area contributed by atoms with E-state index >= 15 is 0 Å². The molecule has 18 heavy (non-hydrogen) atoms. The van der Waals surface area contributed by atoms with Crippen molar-refractivity contribution in [3.8, 4) is 5.75 Å². The molecule has 1 aliphatic rings. The van der Waals surface area contributed by atoms with Gasteiger partial charge in [0.25, 0.3) is 5.91 Å². The molecule has 0 saturated carbocycles. The Labute approximate surface area is 103 Å². The van der Waals surface area contributed by atoms with Crippen molar-refractivity contribution < 1.29 is 19.1 Å². The number of nitrogens with two attached hydrogens (primary N) is 1. The third-order valence-corrected chi connectivity index (χ3v) is 2.64. The Morgan fingerprint density at radius 3 is 2.89 bits per heavy atom. The molecular formula is C12H12N2O4. The van der Waals surface area contributed by atoms with Crippen LogP contribution in [-0.4, -0.2) is 30.7 Å². The highest BCUT2D eigenvalue weighted by atomic mass is 16.5. The lowest BCUT2D eigenvalue weighted by molar-refractivity contribution is -0.127. The van der Waals surface area contributed by atoms with E-state index in [9.17, 15) is 14.4 Å². The van der Waals surface area contributed by atoms with Gasteiger partial charge in [-0.15, -0.1) is 0 Å². The van der Waals surface area contributed by atoms with Gasteiger partial charge in [-0.05, 0) is 25.1 Å². The van der Waals surface area contributed by atoms with E-state index in [-0.39, 0.29) is 12.5 Å². The highest BCUT2D eigenvalue weighted by Crippen LogP contribution is 2.34. The Kier molecular flexibility index (Phi) is 3.01. The number of hydrogen-bond acceptors (Lipinski definition) is 4. The maximum absolute atomic E-state index is 11.9. The molecule has 0 bridgehead atoms. The average molecular weight is 248 g/mol. The number of ether oxygens (including phenoxy) is 1. The van der Waals surface area contributed by atoms with Crippen LogP contribution in [-0.2, 0) is 9.59 Å². The molecule has 0 aliphatic carbocycles. The van der Waals surface area contributed by atoms with Crippen molar-refractivity contribution in [2.45, 2.75) is 13.0 Å². The van der Waals surface area contributed by atoms with Crippen molar-refractivity contribution in [3.05, 3.63) is 23.8 Å². The van der Waals surface area contributed by atoms with Gasteiger partial charge in [0.05, 0.1) is 5.69 Å². The Bertz CT molecular complexity index is 527. The lowest BCUT2D eigenvalue weighted by Crippen LogP contribution is -2.48. The lowest BCUT2D eigenvalue weighted by Gasteiger charge is -2.32. The van der Waals surface area contributed by atoms with Crippen LogP contribution in [0, 0.1) is 0 Å². The van der Waals surface area contributed by atoms with Crippen molar-refractivity contribution in [1.82, 2.24) is 0 Å². The summed E-state index contributed by atoms with van der Waals surface area (Å²) in [6, 6.07) is 4.67. The van der Waals surface area contributed by atoms with Crippen LogP contribution in [0.5, 0.6) is 5.75 Å². The van der Waals surface area contributed by atoms with Crippen LogP contribution in [0.1, 0.15) is 17.3 Å². The maximum Gasteiger partial charge on any atom is 0.268 e. The van der Waals surface area contributed by atoms with E-state index < -0.39 is 12.0 Å². The molecule has 0 aromatic heterocycles. The number of carbonyl (C=O) groups is 3. The second-order valence-electron chi connectivity index (χ2n) is 4.00. The molecule has 1 aromatic carbocycles. The number of primary amides is 1. The summed E-state index contributed by atoms with van der Waals surface area (Å²) in [4.78, 5) is 34.9. The Morgan fingerprint density at radius 2 is 2.28 bits per heavy atom. The summed E-state index contributed by atoms with van der Waals surface area (Å²) in [6.07, 6.45) is -0.0236. The fourth-order valence-corrected chi connectivity index (χ4v) is 1.82. The van der Waals surface area contributed by atoms with Crippen LogP contribution < -0.4 is 15.4 Å². The number of fused-ring (bicyclic) bond motifs is 1. The standard InChI is InChI=1S/C12H12N2O4/c1-7-12(17)14(5-11(13)16)9-4-8(6-15)2-3-10(9)18-7/h2-4,6-7H,5H2,1H3,(H2,13,16). The second-order valence-corrected chi connectivity index (χ2v) is 4.00. The van der Waals surface area contributed by atoms with Gasteiger partial charge in [0.2, 0.25) is 5.91 Å². The zero-order valence-electron chi connectivity index (χ0n) is 9.75. The van der Waals surface area contributed by atoms with E-state index in [2.05, 4.69) is 0 Å². The molecule has 2 N–H and O–H groups in total. The van der Waals surface area contributed by atoms with E-state index in [0.29, 0.717) is 23.3 Å². The molecule has 2 amide bonds. The molecule has 1 unspecified atom stereocenters. The first kappa shape index (κ1) is 12.1. The number of aldehydes is 1. The first-order valence-corrected chi connectivity index (χ1v) is 5.38. The molecule has 94 valence electrons. The molecule has 1 atom stereocenters. The van der Waals surface area contributed by atoms with Crippen LogP contribution in [0.15, 0.2) is 18.2 Å². The van der Waals surface area contributed by atoms with Gasteiger partial charge in [0.1, 0.15) is 18.6 Å². The number of benzene rings is 1. The first-order chi connectivity index (χ1) is 8.52. The molecular weight excluding hydrogens is 236 g/mol. The zero-order valence-corrected chi connectivity index (χ0v) is 9.75. The van der Waals surface area contributed by atoms with E-state index in [0.717, 1.165) is 0 Å². The highest BCUT2D eigenvalue weighted by molar-refractivity contribution is 6.04. The van der Waals surface area contributed by atoms with Gasteiger partial charge in [-0.1, -0.05) is 0 Å². The quantitative estimate of drug-likeness (QED) is 0.768. The van der Waals surface area contributed by atoms with Crippen LogP contribution in [0.2, 0.25) is 0 Å².